The molecule has 1 heterocycles. The molecule has 21 heavy (non-hydrogen) atoms. The molecule has 0 unspecified atom stereocenters. The van der Waals surface area contributed by atoms with Crippen molar-refractivity contribution >= 4 is 38.7 Å². The van der Waals surface area contributed by atoms with Gasteiger partial charge in [0.15, 0.2) is 9.84 Å². The van der Waals surface area contributed by atoms with Crippen molar-refractivity contribution in [3.8, 4) is 0 Å². The Bertz CT molecular complexity index is 789. The molecule has 0 aliphatic heterocycles. The summed E-state index contributed by atoms with van der Waals surface area (Å²) in [7, 11) is -3.39. The number of hydrogen-bond donors (Lipinski definition) is 2. The second-order valence-corrected chi connectivity index (χ2v) is 6.77. The fourth-order valence-corrected chi connectivity index (χ4v) is 2.37. The minimum Gasteiger partial charge on any atom is -0.397 e. The number of pyridine rings is 1. The van der Waals surface area contributed by atoms with Crippen LogP contribution in [-0.4, -0.2) is 25.6 Å². The lowest BCUT2D eigenvalue weighted by Crippen LogP contribution is -2.14. The van der Waals surface area contributed by atoms with E-state index in [-0.39, 0.29) is 21.3 Å². The number of amides is 1. The third-order valence-electron chi connectivity index (χ3n) is 2.63. The molecule has 2 aromatic rings. The number of hydrogen-bond acceptors (Lipinski definition) is 5. The van der Waals surface area contributed by atoms with E-state index in [2.05, 4.69) is 10.3 Å². The number of nitrogens with two attached hydrogens (primary N) is 1. The molecule has 0 spiro atoms. The van der Waals surface area contributed by atoms with E-state index in [1.54, 1.807) is 0 Å². The summed E-state index contributed by atoms with van der Waals surface area (Å²) in [6.45, 7) is 0. The fourth-order valence-electron chi connectivity index (χ4n) is 1.56. The standard InChI is InChI=1S/C13H12ClN3O3S/c1-21(19,20)9-3-4-10(14)12(6-9)17-13(18)11-5-2-8(15)7-16-11/h2-7H,15H2,1H3,(H,17,18). The Balaban J connectivity index is 2.31. The van der Waals surface area contributed by atoms with Crippen LogP contribution in [0.25, 0.3) is 0 Å². The maximum atomic E-state index is 12.0. The molecule has 0 aliphatic carbocycles. The number of nitrogens with zero attached hydrogens (tertiary/aromatic N) is 1. The zero-order valence-corrected chi connectivity index (χ0v) is 12.6. The second kappa shape index (κ2) is 5.71. The molecule has 1 aromatic heterocycles. The van der Waals surface area contributed by atoms with E-state index in [9.17, 15) is 13.2 Å². The van der Waals surface area contributed by atoms with Gasteiger partial charge in [0.2, 0.25) is 0 Å². The Morgan fingerprint density at radius 3 is 2.57 bits per heavy atom. The predicted molar refractivity (Wildman–Crippen MR) is 81.2 cm³/mol. The number of nitrogen functional groups attached to an aromatic ring is 1. The van der Waals surface area contributed by atoms with Gasteiger partial charge >= 0.3 is 0 Å². The summed E-state index contributed by atoms with van der Waals surface area (Å²) in [5.41, 5.74) is 6.26. The van der Waals surface area contributed by atoms with Crippen LogP contribution in [0.2, 0.25) is 5.02 Å². The summed E-state index contributed by atoms with van der Waals surface area (Å²) < 4.78 is 23.0. The highest BCUT2D eigenvalue weighted by Gasteiger charge is 2.13. The Morgan fingerprint density at radius 1 is 1.29 bits per heavy atom. The molecule has 0 fully saturated rings. The van der Waals surface area contributed by atoms with Crippen molar-refractivity contribution in [1.29, 1.82) is 0 Å². The summed E-state index contributed by atoms with van der Waals surface area (Å²) in [5, 5.41) is 2.75. The van der Waals surface area contributed by atoms with Crippen molar-refractivity contribution in [2.24, 2.45) is 0 Å². The van der Waals surface area contributed by atoms with Gasteiger partial charge in [0.05, 0.1) is 27.5 Å². The molecule has 0 aliphatic rings. The Morgan fingerprint density at radius 2 is 2.00 bits per heavy atom. The molecule has 1 aromatic carbocycles. The van der Waals surface area contributed by atoms with Crippen LogP contribution in [0, 0.1) is 0 Å². The smallest absolute Gasteiger partial charge is 0.274 e. The van der Waals surface area contributed by atoms with Gasteiger partial charge in [-0.05, 0) is 30.3 Å². The van der Waals surface area contributed by atoms with Crippen molar-refractivity contribution in [3.05, 3.63) is 47.2 Å². The lowest BCUT2D eigenvalue weighted by molar-refractivity contribution is 0.102. The lowest BCUT2D eigenvalue weighted by Gasteiger charge is -2.08. The molecule has 0 saturated heterocycles. The molecular weight excluding hydrogens is 314 g/mol. The Labute approximate surface area is 126 Å². The normalized spacial score (nSPS) is 11.1. The highest BCUT2D eigenvalue weighted by molar-refractivity contribution is 7.90. The van der Waals surface area contributed by atoms with Gasteiger partial charge in [0, 0.05) is 6.26 Å². The van der Waals surface area contributed by atoms with Crippen LogP contribution < -0.4 is 11.1 Å². The third kappa shape index (κ3) is 3.71. The molecule has 0 bridgehead atoms. The number of sulfone groups is 1. The largest absolute Gasteiger partial charge is 0.397 e. The first kappa shape index (κ1) is 15.3. The van der Waals surface area contributed by atoms with Crippen LogP contribution in [0.3, 0.4) is 0 Å². The molecule has 6 nitrogen and oxygen atoms in total. The number of carbonyl (C=O) groups is 1. The summed E-state index contributed by atoms with van der Waals surface area (Å²) in [6.07, 6.45) is 2.42. The van der Waals surface area contributed by atoms with E-state index >= 15 is 0 Å². The van der Waals surface area contributed by atoms with Crippen molar-refractivity contribution in [1.82, 2.24) is 4.98 Å². The third-order valence-corrected chi connectivity index (χ3v) is 4.07. The van der Waals surface area contributed by atoms with Crippen molar-refractivity contribution in [2.75, 3.05) is 17.3 Å². The zero-order chi connectivity index (χ0) is 15.6. The van der Waals surface area contributed by atoms with E-state index in [0.717, 1.165) is 6.26 Å². The van der Waals surface area contributed by atoms with E-state index < -0.39 is 15.7 Å². The SMILES string of the molecule is CS(=O)(=O)c1ccc(Cl)c(NC(=O)c2ccc(N)cn2)c1. The van der Waals surface area contributed by atoms with Crippen molar-refractivity contribution in [2.45, 2.75) is 4.90 Å². The number of nitrogens with one attached hydrogen (secondary N) is 1. The van der Waals surface area contributed by atoms with Gasteiger partial charge < -0.3 is 11.1 Å². The quantitative estimate of drug-likeness (QED) is 0.898. The summed E-state index contributed by atoms with van der Waals surface area (Å²) >= 11 is 5.95. The molecule has 0 atom stereocenters. The van der Waals surface area contributed by atoms with Gasteiger partial charge in [0.1, 0.15) is 5.69 Å². The number of benzene rings is 1. The summed E-state index contributed by atoms with van der Waals surface area (Å²) in [5.74, 6) is -0.512. The van der Waals surface area contributed by atoms with Crippen LogP contribution in [0.15, 0.2) is 41.4 Å². The van der Waals surface area contributed by atoms with E-state index in [0.29, 0.717) is 5.69 Å². The first-order valence-corrected chi connectivity index (χ1v) is 8.07. The number of rotatable bonds is 3. The van der Waals surface area contributed by atoms with Crippen LogP contribution >= 0.6 is 11.6 Å². The fraction of sp³-hybridized carbons (Fsp3) is 0.0769. The average molecular weight is 326 g/mol. The van der Waals surface area contributed by atoms with Crippen LogP contribution in [0.1, 0.15) is 10.5 Å². The monoisotopic (exact) mass is 325 g/mol. The minimum absolute atomic E-state index is 0.0625. The molecule has 3 N–H and O–H groups in total. The van der Waals surface area contributed by atoms with Gasteiger partial charge in [-0.15, -0.1) is 0 Å². The molecule has 1 amide bonds. The molecule has 8 heteroatoms. The Hall–Kier alpha value is -2.12. The van der Waals surface area contributed by atoms with Gasteiger partial charge in [-0.2, -0.15) is 0 Å². The maximum Gasteiger partial charge on any atom is 0.274 e. The van der Waals surface area contributed by atoms with E-state index in [1.807, 2.05) is 0 Å². The number of aromatic nitrogens is 1. The highest BCUT2D eigenvalue weighted by Crippen LogP contribution is 2.25. The summed E-state index contributed by atoms with van der Waals surface area (Å²) in [4.78, 5) is 16.0. The van der Waals surface area contributed by atoms with E-state index in [4.69, 9.17) is 17.3 Å². The first-order chi connectivity index (χ1) is 9.77. The maximum absolute atomic E-state index is 12.0. The summed E-state index contributed by atoms with van der Waals surface area (Å²) in [6, 6.07) is 7.07. The highest BCUT2D eigenvalue weighted by atomic mass is 35.5. The van der Waals surface area contributed by atoms with Gasteiger partial charge in [-0.3, -0.25) is 4.79 Å². The molecule has 0 saturated carbocycles. The van der Waals surface area contributed by atoms with E-state index in [1.165, 1.54) is 36.5 Å². The number of anilines is 2. The lowest BCUT2D eigenvalue weighted by atomic mass is 10.3. The van der Waals surface area contributed by atoms with Crippen LogP contribution in [0.5, 0.6) is 0 Å². The molecule has 2 rings (SSSR count). The Kier molecular flexibility index (Phi) is 4.15. The van der Waals surface area contributed by atoms with Gasteiger partial charge in [-0.1, -0.05) is 11.6 Å². The van der Waals surface area contributed by atoms with Crippen molar-refractivity contribution < 1.29 is 13.2 Å². The van der Waals surface area contributed by atoms with Gasteiger partial charge in [-0.25, -0.2) is 13.4 Å². The zero-order valence-electron chi connectivity index (χ0n) is 11.0. The molecule has 0 radical (unpaired) electrons. The van der Waals surface area contributed by atoms with Crippen molar-refractivity contribution in [3.63, 3.8) is 0 Å². The molecular formula is C13H12ClN3O3S. The topological polar surface area (TPSA) is 102 Å². The first-order valence-electron chi connectivity index (χ1n) is 5.80. The minimum atomic E-state index is -3.39. The van der Waals surface area contributed by atoms with Gasteiger partial charge in [0.25, 0.3) is 5.91 Å². The average Bonchev–Trinajstić information content (AvgIpc) is 2.40. The number of halogens is 1. The van der Waals surface area contributed by atoms with Crippen LogP contribution in [0.4, 0.5) is 11.4 Å². The second-order valence-electron chi connectivity index (χ2n) is 4.34. The predicted octanol–water partition coefficient (Wildman–Crippen LogP) is 1.97. The number of carbonyl (C=O) groups excluding carboxylic acids is 1. The van der Waals surface area contributed by atoms with Crippen LogP contribution in [-0.2, 0) is 9.84 Å². The molecule has 110 valence electrons.